The Morgan fingerprint density at radius 2 is 1.86 bits per heavy atom. The van der Waals surface area contributed by atoms with E-state index < -0.39 is 5.91 Å². The summed E-state index contributed by atoms with van der Waals surface area (Å²) in [5.41, 5.74) is 2.08. The van der Waals surface area contributed by atoms with Crippen LogP contribution in [0.25, 0.3) is 6.08 Å². The Hall–Kier alpha value is -2.82. The average Bonchev–Trinajstić information content (AvgIpc) is 3.18. The van der Waals surface area contributed by atoms with Crippen molar-refractivity contribution in [2.24, 2.45) is 4.99 Å². The number of amides is 2. The third-order valence-electron chi connectivity index (χ3n) is 4.83. The smallest absolute Gasteiger partial charge is 0.279 e. The Kier molecular flexibility index (Phi) is 8.48. The van der Waals surface area contributed by atoms with Gasteiger partial charge in [-0.3, -0.25) is 9.59 Å². The van der Waals surface area contributed by atoms with Gasteiger partial charge in [-0.2, -0.15) is 4.99 Å². The van der Waals surface area contributed by atoms with Crippen molar-refractivity contribution in [1.29, 1.82) is 0 Å². The highest BCUT2D eigenvalue weighted by atomic mass is 127. The molecule has 178 valence electrons. The molecule has 1 fully saturated rings. The number of aliphatic imine (C=N–C) groups is 1. The second kappa shape index (κ2) is 11.7. The minimum atomic E-state index is -0.414. The van der Waals surface area contributed by atoms with Crippen molar-refractivity contribution in [3.63, 3.8) is 0 Å². The lowest BCUT2D eigenvalue weighted by molar-refractivity contribution is -0.115. The number of rotatable bonds is 7. The summed E-state index contributed by atoms with van der Waals surface area (Å²) in [6, 6.07) is 19.9. The Labute approximate surface area is 225 Å². The van der Waals surface area contributed by atoms with E-state index in [0.29, 0.717) is 40.2 Å². The van der Waals surface area contributed by atoms with Gasteiger partial charge < -0.3 is 14.8 Å². The molecular weight excluding hydrogens is 599 g/mol. The minimum absolute atomic E-state index is 0.245. The van der Waals surface area contributed by atoms with Crippen LogP contribution in [0.3, 0.4) is 0 Å². The molecule has 1 aliphatic heterocycles. The highest BCUT2D eigenvalue weighted by Gasteiger charge is 2.25. The second-order valence-corrected chi connectivity index (χ2v) is 9.90. The summed E-state index contributed by atoms with van der Waals surface area (Å²) >= 11 is 9.55. The van der Waals surface area contributed by atoms with Crippen LogP contribution in [0.15, 0.2) is 76.6 Å². The molecule has 4 rings (SSSR count). The quantitative estimate of drug-likeness (QED) is 0.248. The summed E-state index contributed by atoms with van der Waals surface area (Å²) in [6.45, 7) is 2.64. The zero-order valence-electron chi connectivity index (χ0n) is 18.6. The van der Waals surface area contributed by atoms with E-state index in [9.17, 15) is 9.59 Å². The molecule has 3 aromatic carbocycles. The SMILES string of the molecule is CCOc1cc(/C=C2\SC(=NC(=O)c3ccccc3)NC2=O)cc(I)c1OCc1ccccc1Cl. The zero-order valence-corrected chi connectivity index (χ0v) is 22.3. The summed E-state index contributed by atoms with van der Waals surface area (Å²) in [5, 5.41) is 3.53. The molecule has 0 bridgehead atoms. The number of carbonyl (C=O) groups excluding carboxylic acids is 2. The predicted octanol–water partition coefficient (Wildman–Crippen LogP) is 6.32. The van der Waals surface area contributed by atoms with E-state index in [-0.39, 0.29) is 11.1 Å². The Morgan fingerprint density at radius 1 is 1.11 bits per heavy atom. The van der Waals surface area contributed by atoms with Crippen LogP contribution in [0.1, 0.15) is 28.4 Å². The lowest BCUT2D eigenvalue weighted by Crippen LogP contribution is -2.20. The van der Waals surface area contributed by atoms with Gasteiger partial charge in [-0.25, -0.2) is 0 Å². The van der Waals surface area contributed by atoms with E-state index in [2.05, 4.69) is 32.9 Å². The van der Waals surface area contributed by atoms with Crippen molar-refractivity contribution < 1.29 is 19.1 Å². The molecule has 1 aliphatic rings. The first-order chi connectivity index (χ1) is 16.9. The number of nitrogens with zero attached hydrogens (tertiary/aromatic N) is 1. The van der Waals surface area contributed by atoms with Gasteiger partial charge in [-0.15, -0.1) is 0 Å². The van der Waals surface area contributed by atoms with Gasteiger partial charge in [0.15, 0.2) is 16.7 Å². The van der Waals surface area contributed by atoms with Gasteiger partial charge in [0.05, 0.1) is 15.1 Å². The number of benzene rings is 3. The van der Waals surface area contributed by atoms with Crippen LogP contribution in [-0.4, -0.2) is 23.6 Å². The lowest BCUT2D eigenvalue weighted by atomic mass is 10.1. The summed E-state index contributed by atoms with van der Waals surface area (Å²) in [6.07, 6.45) is 1.73. The van der Waals surface area contributed by atoms with Crippen LogP contribution >= 0.6 is 46.0 Å². The summed E-state index contributed by atoms with van der Waals surface area (Å²) in [7, 11) is 0. The van der Waals surface area contributed by atoms with Gasteiger partial charge in [0.2, 0.25) is 0 Å². The lowest BCUT2D eigenvalue weighted by Gasteiger charge is -2.15. The van der Waals surface area contributed by atoms with Crippen LogP contribution in [0.4, 0.5) is 0 Å². The molecule has 3 aromatic rings. The van der Waals surface area contributed by atoms with E-state index in [1.807, 2.05) is 49.4 Å². The molecule has 0 unspecified atom stereocenters. The monoisotopic (exact) mass is 618 g/mol. The van der Waals surface area contributed by atoms with Gasteiger partial charge >= 0.3 is 0 Å². The highest BCUT2D eigenvalue weighted by Crippen LogP contribution is 2.37. The first-order valence-corrected chi connectivity index (χ1v) is 12.9. The van der Waals surface area contributed by atoms with Crippen molar-refractivity contribution in [3.05, 3.63) is 96.9 Å². The van der Waals surface area contributed by atoms with Crippen molar-refractivity contribution >= 4 is 69.0 Å². The van der Waals surface area contributed by atoms with Crippen LogP contribution < -0.4 is 14.8 Å². The molecule has 1 saturated heterocycles. The van der Waals surface area contributed by atoms with E-state index in [1.165, 1.54) is 0 Å². The normalized spacial score (nSPS) is 15.3. The predicted molar refractivity (Wildman–Crippen MR) is 148 cm³/mol. The number of nitrogens with one attached hydrogen (secondary N) is 1. The minimum Gasteiger partial charge on any atom is -0.490 e. The third kappa shape index (κ3) is 6.45. The Morgan fingerprint density at radius 3 is 2.60 bits per heavy atom. The molecule has 0 saturated carbocycles. The number of ether oxygens (including phenoxy) is 2. The molecule has 0 aromatic heterocycles. The van der Waals surface area contributed by atoms with Crippen LogP contribution in [0.5, 0.6) is 11.5 Å². The topological polar surface area (TPSA) is 77.0 Å². The van der Waals surface area contributed by atoms with Crippen molar-refractivity contribution in [2.45, 2.75) is 13.5 Å². The first-order valence-electron chi connectivity index (χ1n) is 10.7. The van der Waals surface area contributed by atoms with E-state index in [1.54, 1.807) is 30.3 Å². The van der Waals surface area contributed by atoms with Gasteiger partial charge in [0, 0.05) is 16.1 Å². The van der Waals surface area contributed by atoms with Gasteiger partial charge in [-0.1, -0.05) is 48.0 Å². The standard InChI is InChI=1S/C26H20ClIN2O4S/c1-2-33-21-13-16(12-20(28)23(21)34-15-18-10-6-7-11-19(18)27)14-22-25(32)30-26(35-22)29-24(31)17-8-4-3-5-9-17/h3-14H,2,15H2,1H3,(H,29,30,31,32)/b22-14-. The fourth-order valence-corrected chi connectivity index (χ4v) is 5.00. The molecule has 0 aliphatic carbocycles. The number of amidine groups is 1. The van der Waals surface area contributed by atoms with Crippen molar-refractivity contribution in [3.8, 4) is 11.5 Å². The molecule has 0 radical (unpaired) electrons. The van der Waals surface area contributed by atoms with Crippen LogP contribution in [0.2, 0.25) is 5.02 Å². The molecule has 6 nitrogen and oxygen atoms in total. The number of thioether (sulfide) groups is 1. The molecule has 35 heavy (non-hydrogen) atoms. The maximum absolute atomic E-state index is 12.5. The van der Waals surface area contributed by atoms with Gasteiger partial charge in [-0.05, 0) is 83.2 Å². The number of hydrogen-bond acceptors (Lipinski definition) is 5. The van der Waals surface area contributed by atoms with E-state index >= 15 is 0 Å². The zero-order chi connectivity index (χ0) is 24.8. The molecule has 2 amide bonds. The van der Waals surface area contributed by atoms with Crippen molar-refractivity contribution in [1.82, 2.24) is 5.32 Å². The first kappa shape index (κ1) is 25.3. The molecule has 0 spiro atoms. The highest BCUT2D eigenvalue weighted by molar-refractivity contribution is 14.1. The van der Waals surface area contributed by atoms with E-state index in [0.717, 1.165) is 26.5 Å². The maximum atomic E-state index is 12.5. The Balaban J connectivity index is 1.55. The van der Waals surface area contributed by atoms with Crippen LogP contribution in [0, 0.1) is 3.57 Å². The van der Waals surface area contributed by atoms with Gasteiger partial charge in [0.25, 0.3) is 11.8 Å². The number of carbonyl (C=O) groups is 2. The van der Waals surface area contributed by atoms with Gasteiger partial charge in [0.1, 0.15) is 6.61 Å². The summed E-state index contributed by atoms with van der Waals surface area (Å²) in [5.74, 6) is 0.438. The van der Waals surface area contributed by atoms with Crippen molar-refractivity contribution in [2.75, 3.05) is 6.61 Å². The third-order valence-corrected chi connectivity index (χ3v) is 6.91. The fourth-order valence-electron chi connectivity index (χ4n) is 3.21. The largest absolute Gasteiger partial charge is 0.490 e. The fraction of sp³-hybridized carbons (Fsp3) is 0.115. The molecule has 0 atom stereocenters. The maximum Gasteiger partial charge on any atom is 0.279 e. The summed E-state index contributed by atoms with van der Waals surface area (Å²) in [4.78, 5) is 29.3. The molecular formula is C26H20ClIN2O4S. The molecule has 1 N–H and O–H groups in total. The second-order valence-electron chi connectivity index (χ2n) is 7.30. The molecule has 9 heteroatoms. The summed E-state index contributed by atoms with van der Waals surface area (Å²) < 4.78 is 12.7. The van der Waals surface area contributed by atoms with Crippen LogP contribution in [-0.2, 0) is 11.4 Å². The Bertz CT molecular complexity index is 1330. The average molecular weight is 619 g/mol. The number of hydrogen-bond donors (Lipinski definition) is 1. The van der Waals surface area contributed by atoms with E-state index in [4.69, 9.17) is 21.1 Å². The number of halogens is 2. The molecule has 1 heterocycles.